The Morgan fingerprint density at radius 2 is 1.68 bits per heavy atom. The topological polar surface area (TPSA) is 83.1 Å². The van der Waals surface area contributed by atoms with Crippen LogP contribution >= 0.6 is 0 Å². The van der Waals surface area contributed by atoms with Crippen molar-refractivity contribution in [2.75, 3.05) is 51.9 Å². The van der Waals surface area contributed by atoms with Gasteiger partial charge in [0, 0.05) is 44.5 Å². The number of piperazine rings is 1. The van der Waals surface area contributed by atoms with Crippen molar-refractivity contribution >= 4 is 17.5 Å². The molecule has 2 N–H and O–H groups in total. The predicted molar refractivity (Wildman–Crippen MR) is 117 cm³/mol. The van der Waals surface area contributed by atoms with Gasteiger partial charge in [-0.15, -0.1) is 0 Å². The minimum Gasteiger partial charge on any atom is -0.454 e. The van der Waals surface area contributed by atoms with Crippen LogP contribution in [0.25, 0.3) is 0 Å². The van der Waals surface area contributed by atoms with Crippen LogP contribution in [0.5, 0.6) is 11.5 Å². The summed E-state index contributed by atoms with van der Waals surface area (Å²) in [4.78, 5) is 29.6. The first-order valence-electron chi connectivity index (χ1n) is 10.5. The first-order valence-corrected chi connectivity index (χ1v) is 10.5. The van der Waals surface area contributed by atoms with Gasteiger partial charge in [-0.1, -0.05) is 29.8 Å². The summed E-state index contributed by atoms with van der Waals surface area (Å²) in [7, 11) is 2.11. The van der Waals surface area contributed by atoms with Crippen LogP contribution in [0.2, 0.25) is 0 Å². The summed E-state index contributed by atoms with van der Waals surface area (Å²) in [6.45, 7) is 6.33. The number of rotatable bonds is 5. The average molecular weight is 425 g/mol. The van der Waals surface area contributed by atoms with Gasteiger partial charge < -0.3 is 25.0 Å². The Labute approximate surface area is 182 Å². The van der Waals surface area contributed by atoms with Gasteiger partial charge in [0.05, 0.1) is 6.04 Å². The van der Waals surface area contributed by atoms with Gasteiger partial charge in [-0.25, -0.2) is 0 Å². The zero-order valence-electron chi connectivity index (χ0n) is 17.9. The lowest BCUT2D eigenvalue weighted by Gasteiger charge is -2.38. The molecule has 2 aromatic carbocycles. The molecular weight excluding hydrogens is 396 g/mol. The Hall–Kier alpha value is -3.10. The van der Waals surface area contributed by atoms with Crippen molar-refractivity contribution in [2.45, 2.75) is 13.0 Å². The van der Waals surface area contributed by atoms with Crippen LogP contribution in [-0.4, -0.2) is 68.2 Å². The fourth-order valence-electron chi connectivity index (χ4n) is 3.81. The van der Waals surface area contributed by atoms with Crippen LogP contribution in [0.4, 0.5) is 5.69 Å². The van der Waals surface area contributed by atoms with E-state index < -0.39 is 11.8 Å². The van der Waals surface area contributed by atoms with E-state index in [-0.39, 0.29) is 12.8 Å². The molecule has 0 saturated carbocycles. The molecule has 2 aliphatic rings. The number of carbonyl (C=O) groups is 2. The summed E-state index contributed by atoms with van der Waals surface area (Å²) in [5.41, 5.74) is 2.80. The molecule has 2 heterocycles. The molecule has 0 radical (unpaired) electrons. The number of ether oxygens (including phenoxy) is 2. The summed E-state index contributed by atoms with van der Waals surface area (Å²) in [5.74, 6) is -0.202. The monoisotopic (exact) mass is 424 g/mol. The van der Waals surface area contributed by atoms with E-state index in [1.807, 2.05) is 0 Å². The molecule has 164 valence electrons. The van der Waals surface area contributed by atoms with Gasteiger partial charge in [-0.05, 0) is 31.7 Å². The van der Waals surface area contributed by atoms with Gasteiger partial charge in [0.25, 0.3) is 0 Å². The number of likely N-dealkylation sites (N-methyl/N-ethyl adjacent to an activating group) is 1. The number of aryl methyl sites for hydroxylation is 1. The van der Waals surface area contributed by atoms with Crippen LogP contribution in [0.1, 0.15) is 17.2 Å². The maximum absolute atomic E-state index is 12.5. The number of carbonyl (C=O) groups excluding carboxylic acids is 2. The summed E-state index contributed by atoms with van der Waals surface area (Å²) in [5, 5.41) is 5.44. The number of nitrogens with zero attached hydrogens (tertiary/aromatic N) is 2. The second kappa shape index (κ2) is 9.36. The molecule has 2 aromatic rings. The van der Waals surface area contributed by atoms with Crippen molar-refractivity contribution in [1.82, 2.24) is 15.1 Å². The molecule has 1 saturated heterocycles. The van der Waals surface area contributed by atoms with E-state index >= 15 is 0 Å². The molecule has 0 aliphatic carbocycles. The van der Waals surface area contributed by atoms with E-state index in [1.54, 1.807) is 18.2 Å². The van der Waals surface area contributed by atoms with E-state index in [9.17, 15) is 9.59 Å². The molecule has 1 unspecified atom stereocenters. The summed E-state index contributed by atoms with van der Waals surface area (Å²) in [6, 6.07) is 13.4. The van der Waals surface area contributed by atoms with Gasteiger partial charge in [0.2, 0.25) is 6.79 Å². The molecular formula is C23H28N4O4. The van der Waals surface area contributed by atoms with Crippen molar-refractivity contribution in [3.05, 3.63) is 53.6 Å². The van der Waals surface area contributed by atoms with Gasteiger partial charge in [0.15, 0.2) is 11.5 Å². The third kappa shape index (κ3) is 5.15. The first kappa shape index (κ1) is 21.1. The van der Waals surface area contributed by atoms with Crippen LogP contribution in [-0.2, 0) is 9.59 Å². The van der Waals surface area contributed by atoms with Crippen molar-refractivity contribution in [3.8, 4) is 11.5 Å². The first-order chi connectivity index (χ1) is 15.0. The van der Waals surface area contributed by atoms with Gasteiger partial charge in [0.1, 0.15) is 0 Å². The Morgan fingerprint density at radius 1 is 0.968 bits per heavy atom. The number of nitrogens with one attached hydrogen (secondary N) is 2. The SMILES string of the molecule is Cc1ccc(C(CNC(=O)C(=O)Nc2ccc3c(c2)OCO3)N2CCN(C)CC2)cc1. The fraction of sp³-hybridized carbons (Fsp3) is 0.391. The molecule has 4 rings (SSSR count). The number of hydrogen-bond acceptors (Lipinski definition) is 6. The van der Waals surface area contributed by atoms with Gasteiger partial charge >= 0.3 is 11.8 Å². The van der Waals surface area contributed by atoms with Crippen molar-refractivity contribution in [3.63, 3.8) is 0 Å². The Balaban J connectivity index is 1.39. The normalized spacial score (nSPS) is 17.2. The molecule has 1 atom stereocenters. The lowest BCUT2D eigenvalue weighted by Crippen LogP contribution is -2.49. The highest BCUT2D eigenvalue weighted by Gasteiger charge is 2.25. The standard InChI is InChI=1S/C23H28N4O4/c1-16-3-5-17(6-4-16)19(27-11-9-26(2)10-12-27)14-24-22(28)23(29)25-18-7-8-20-21(13-18)31-15-30-20/h3-8,13,19H,9-12,14-15H2,1-2H3,(H,24,28)(H,25,29). The Morgan fingerprint density at radius 3 is 2.42 bits per heavy atom. The highest BCUT2D eigenvalue weighted by molar-refractivity contribution is 6.39. The summed E-state index contributed by atoms with van der Waals surface area (Å²) < 4.78 is 10.6. The minimum atomic E-state index is -0.708. The van der Waals surface area contributed by atoms with Crippen molar-refractivity contribution < 1.29 is 19.1 Å². The molecule has 2 aliphatic heterocycles. The van der Waals surface area contributed by atoms with Crippen molar-refractivity contribution in [1.29, 1.82) is 0 Å². The van der Waals surface area contributed by atoms with Crippen LogP contribution in [0.15, 0.2) is 42.5 Å². The summed E-state index contributed by atoms with van der Waals surface area (Å²) in [6.07, 6.45) is 0. The third-order valence-electron chi connectivity index (χ3n) is 5.73. The quantitative estimate of drug-likeness (QED) is 0.712. The lowest BCUT2D eigenvalue weighted by atomic mass is 10.0. The molecule has 0 bridgehead atoms. The number of anilines is 1. The van der Waals surface area contributed by atoms with Crippen molar-refractivity contribution in [2.24, 2.45) is 0 Å². The number of fused-ring (bicyclic) bond motifs is 1. The van der Waals surface area contributed by atoms with E-state index in [4.69, 9.17) is 9.47 Å². The molecule has 0 spiro atoms. The highest BCUT2D eigenvalue weighted by Crippen LogP contribution is 2.34. The minimum absolute atomic E-state index is 0.0107. The van der Waals surface area contributed by atoms with E-state index in [1.165, 1.54) is 5.56 Å². The summed E-state index contributed by atoms with van der Waals surface area (Å²) >= 11 is 0. The van der Waals surface area contributed by atoms with E-state index in [0.29, 0.717) is 23.7 Å². The van der Waals surface area contributed by atoms with Crippen LogP contribution in [0.3, 0.4) is 0 Å². The largest absolute Gasteiger partial charge is 0.454 e. The third-order valence-corrected chi connectivity index (χ3v) is 5.73. The van der Waals surface area contributed by atoms with E-state index in [0.717, 1.165) is 31.7 Å². The molecule has 31 heavy (non-hydrogen) atoms. The zero-order chi connectivity index (χ0) is 21.8. The highest BCUT2D eigenvalue weighted by atomic mass is 16.7. The molecule has 8 heteroatoms. The number of hydrogen-bond donors (Lipinski definition) is 2. The number of benzene rings is 2. The van der Waals surface area contributed by atoms with Crippen LogP contribution in [0, 0.1) is 6.92 Å². The zero-order valence-corrected chi connectivity index (χ0v) is 17.9. The number of amides is 2. The Bertz CT molecular complexity index is 939. The second-order valence-electron chi connectivity index (χ2n) is 8.00. The maximum Gasteiger partial charge on any atom is 0.313 e. The van der Waals surface area contributed by atoms with Gasteiger partial charge in [-0.2, -0.15) is 0 Å². The molecule has 0 aromatic heterocycles. The van der Waals surface area contributed by atoms with Crippen LogP contribution < -0.4 is 20.1 Å². The molecule has 8 nitrogen and oxygen atoms in total. The Kier molecular flexibility index (Phi) is 6.39. The smallest absolute Gasteiger partial charge is 0.313 e. The average Bonchev–Trinajstić information content (AvgIpc) is 3.24. The molecule has 1 fully saturated rings. The second-order valence-corrected chi connectivity index (χ2v) is 8.00. The maximum atomic E-state index is 12.5. The van der Waals surface area contributed by atoms with E-state index in [2.05, 4.69) is 58.7 Å². The lowest BCUT2D eigenvalue weighted by molar-refractivity contribution is -0.136. The van der Waals surface area contributed by atoms with Gasteiger partial charge in [-0.3, -0.25) is 14.5 Å². The fourth-order valence-corrected chi connectivity index (χ4v) is 3.81. The molecule has 2 amide bonds. The predicted octanol–water partition coefficient (Wildman–Crippen LogP) is 1.77.